The van der Waals surface area contributed by atoms with Gasteiger partial charge in [-0.25, -0.2) is 13.4 Å². The van der Waals surface area contributed by atoms with E-state index >= 15 is 0 Å². The zero-order valence-electron chi connectivity index (χ0n) is 13.3. The Kier molecular flexibility index (Phi) is 4.58. The second-order valence-corrected chi connectivity index (χ2v) is 8.07. The Morgan fingerprint density at radius 2 is 1.69 bits per heavy atom. The van der Waals surface area contributed by atoms with Gasteiger partial charge in [0.1, 0.15) is 17.2 Å². The minimum atomic E-state index is -4.66. The second kappa shape index (κ2) is 6.44. The Bertz CT molecular complexity index is 1060. The van der Waals surface area contributed by atoms with Crippen molar-refractivity contribution in [2.45, 2.75) is 11.1 Å². The van der Waals surface area contributed by atoms with Gasteiger partial charge in [0, 0.05) is 22.4 Å². The van der Waals surface area contributed by atoms with Gasteiger partial charge in [-0.1, -0.05) is 35.9 Å². The minimum absolute atomic E-state index is 0.0143. The van der Waals surface area contributed by atoms with Crippen LogP contribution < -0.4 is 0 Å². The molecule has 9 heteroatoms. The summed E-state index contributed by atoms with van der Waals surface area (Å²) in [6.07, 6.45) is -3.64. The van der Waals surface area contributed by atoms with Crippen molar-refractivity contribution in [3.63, 3.8) is 0 Å². The molecular weight excluding hydrogens is 389 g/mol. The van der Waals surface area contributed by atoms with Gasteiger partial charge in [-0.3, -0.25) is 0 Å². The highest BCUT2D eigenvalue weighted by molar-refractivity contribution is 7.90. The van der Waals surface area contributed by atoms with Gasteiger partial charge in [-0.15, -0.1) is 0 Å². The molecule has 1 heterocycles. The fourth-order valence-corrected chi connectivity index (χ4v) is 3.24. The first-order valence-corrected chi connectivity index (χ1v) is 9.56. The van der Waals surface area contributed by atoms with Crippen LogP contribution in [0.3, 0.4) is 0 Å². The molecule has 0 aliphatic carbocycles. The summed E-state index contributed by atoms with van der Waals surface area (Å²) in [4.78, 5) is 6.38. The van der Waals surface area contributed by atoms with Crippen molar-refractivity contribution in [1.82, 2.24) is 9.97 Å². The zero-order valence-corrected chi connectivity index (χ0v) is 14.9. The lowest BCUT2D eigenvalue weighted by Gasteiger charge is -2.07. The van der Waals surface area contributed by atoms with Crippen LogP contribution in [0, 0.1) is 0 Å². The molecule has 3 aromatic rings. The third kappa shape index (κ3) is 3.76. The van der Waals surface area contributed by atoms with Gasteiger partial charge in [0.2, 0.25) is 0 Å². The van der Waals surface area contributed by atoms with E-state index in [-0.39, 0.29) is 22.0 Å². The summed E-state index contributed by atoms with van der Waals surface area (Å²) in [6, 6.07) is 11.4. The molecule has 1 aromatic heterocycles. The lowest BCUT2D eigenvalue weighted by molar-refractivity contribution is -0.140. The first kappa shape index (κ1) is 18.5. The van der Waals surface area contributed by atoms with Crippen LogP contribution >= 0.6 is 11.6 Å². The van der Waals surface area contributed by atoms with Crippen LogP contribution in [0.4, 0.5) is 13.2 Å². The minimum Gasteiger partial charge on any atom is -0.334 e. The summed E-state index contributed by atoms with van der Waals surface area (Å²) in [5, 5.41) is 0.367. The van der Waals surface area contributed by atoms with Crippen molar-refractivity contribution >= 4 is 21.4 Å². The van der Waals surface area contributed by atoms with Gasteiger partial charge in [-0.2, -0.15) is 13.2 Å². The largest absolute Gasteiger partial charge is 0.433 e. The van der Waals surface area contributed by atoms with Gasteiger partial charge in [-0.05, 0) is 24.3 Å². The molecule has 26 heavy (non-hydrogen) atoms. The average Bonchev–Trinajstić information content (AvgIpc) is 3.00. The maximum absolute atomic E-state index is 13.4. The quantitative estimate of drug-likeness (QED) is 0.685. The van der Waals surface area contributed by atoms with E-state index in [2.05, 4.69) is 9.97 Å². The van der Waals surface area contributed by atoms with Crippen LogP contribution in [-0.4, -0.2) is 24.6 Å². The number of hydrogen-bond donors (Lipinski definition) is 1. The van der Waals surface area contributed by atoms with Crippen molar-refractivity contribution in [3.05, 3.63) is 59.2 Å². The van der Waals surface area contributed by atoms with E-state index in [4.69, 9.17) is 11.6 Å². The number of benzene rings is 2. The molecule has 4 nitrogen and oxygen atoms in total. The Labute approximate surface area is 152 Å². The maximum atomic E-state index is 13.4. The highest BCUT2D eigenvalue weighted by Gasteiger charge is 2.37. The Balaban J connectivity index is 2.14. The predicted octanol–water partition coefficient (Wildman–Crippen LogP) is 4.82. The van der Waals surface area contributed by atoms with E-state index in [1.807, 2.05) is 0 Å². The van der Waals surface area contributed by atoms with Crippen LogP contribution in [0.1, 0.15) is 5.69 Å². The lowest BCUT2D eigenvalue weighted by atomic mass is 10.1. The summed E-state index contributed by atoms with van der Waals surface area (Å²) in [7, 11) is -3.45. The molecule has 0 saturated heterocycles. The van der Waals surface area contributed by atoms with E-state index in [0.29, 0.717) is 10.6 Å². The van der Waals surface area contributed by atoms with Crippen LogP contribution in [0.5, 0.6) is 0 Å². The molecule has 0 fully saturated rings. The highest BCUT2D eigenvalue weighted by atomic mass is 35.5. The van der Waals surface area contributed by atoms with E-state index < -0.39 is 21.7 Å². The molecule has 0 saturated carbocycles. The SMILES string of the molecule is CS(=O)(=O)c1ccc(-c2nc(-c3cccc(Cl)c3)[nH]c2C(F)(F)F)cc1. The molecule has 0 aliphatic rings. The monoisotopic (exact) mass is 400 g/mol. The normalized spacial score (nSPS) is 12.3. The molecule has 1 N–H and O–H groups in total. The van der Waals surface area contributed by atoms with Crippen LogP contribution in [0.15, 0.2) is 53.4 Å². The first-order chi connectivity index (χ1) is 12.1. The molecule has 0 atom stereocenters. The van der Waals surface area contributed by atoms with Gasteiger partial charge in [0.25, 0.3) is 0 Å². The zero-order chi connectivity index (χ0) is 19.1. The summed E-state index contributed by atoms with van der Waals surface area (Å²) in [5.74, 6) is 0.0158. The lowest BCUT2D eigenvalue weighted by Crippen LogP contribution is -2.07. The van der Waals surface area contributed by atoms with Crippen molar-refractivity contribution in [2.24, 2.45) is 0 Å². The third-order valence-corrected chi connectivity index (χ3v) is 5.00. The molecule has 0 spiro atoms. The number of halogens is 4. The molecule has 2 aromatic carbocycles. The Hall–Kier alpha value is -2.32. The smallest absolute Gasteiger partial charge is 0.334 e. The van der Waals surface area contributed by atoms with E-state index in [9.17, 15) is 21.6 Å². The molecule has 0 aliphatic heterocycles. The fraction of sp³-hybridized carbons (Fsp3) is 0.118. The summed E-state index contributed by atoms with van der Waals surface area (Å²) >= 11 is 5.89. The molecule has 0 radical (unpaired) electrons. The molecule has 0 unspecified atom stereocenters. The number of imidazole rings is 1. The number of alkyl halides is 3. The van der Waals surface area contributed by atoms with E-state index in [1.54, 1.807) is 18.2 Å². The van der Waals surface area contributed by atoms with E-state index in [1.165, 1.54) is 30.3 Å². The molecule has 136 valence electrons. The number of aromatic nitrogens is 2. The Morgan fingerprint density at radius 3 is 2.23 bits per heavy atom. The number of H-pyrrole nitrogens is 1. The molecular formula is C17H12ClF3N2O2S. The van der Waals surface area contributed by atoms with Crippen LogP contribution in [-0.2, 0) is 16.0 Å². The van der Waals surface area contributed by atoms with Gasteiger partial charge >= 0.3 is 6.18 Å². The summed E-state index contributed by atoms with van der Waals surface area (Å²) in [6.45, 7) is 0. The second-order valence-electron chi connectivity index (χ2n) is 5.61. The van der Waals surface area contributed by atoms with Crippen molar-refractivity contribution < 1.29 is 21.6 Å². The van der Waals surface area contributed by atoms with Gasteiger partial charge < -0.3 is 4.98 Å². The van der Waals surface area contributed by atoms with Gasteiger partial charge in [0.15, 0.2) is 9.84 Å². The number of nitrogens with one attached hydrogen (secondary N) is 1. The van der Waals surface area contributed by atoms with Crippen molar-refractivity contribution in [1.29, 1.82) is 0 Å². The standard InChI is InChI=1S/C17H12ClF3N2O2S/c1-26(24,25)13-7-5-10(6-8-13)14-15(17(19,20)21)23-16(22-14)11-3-2-4-12(18)9-11/h2-9H,1H3,(H,22,23). The third-order valence-electron chi connectivity index (χ3n) is 3.64. The number of sulfone groups is 1. The van der Waals surface area contributed by atoms with Gasteiger partial charge in [0.05, 0.1) is 4.90 Å². The van der Waals surface area contributed by atoms with Crippen molar-refractivity contribution in [3.8, 4) is 22.6 Å². The fourth-order valence-electron chi connectivity index (χ4n) is 2.42. The Morgan fingerprint density at radius 1 is 1.04 bits per heavy atom. The number of aromatic amines is 1. The summed E-state index contributed by atoms with van der Waals surface area (Å²) in [5.41, 5.74) is -0.775. The molecule has 0 bridgehead atoms. The van der Waals surface area contributed by atoms with Crippen LogP contribution in [0.25, 0.3) is 22.6 Å². The molecule has 3 rings (SSSR count). The first-order valence-electron chi connectivity index (χ1n) is 7.29. The number of rotatable bonds is 3. The number of hydrogen-bond acceptors (Lipinski definition) is 3. The topological polar surface area (TPSA) is 62.8 Å². The average molecular weight is 401 g/mol. The number of nitrogens with zero attached hydrogens (tertiary/aromatic N) is 1. The predicted molar refractivity (Wildman–Crippen MR) is 92.6 cm³/mol. The molecule has 0 amide bonds. The van der Waals surface area contributed by atoms with E-state index in [0.717, 1.165) is 6.26 Å². The van der Waals surface area contributed by atoms with Crippen molar-refractivity contribution in [2.75, 3.05) is 6.26 Å². The summed E-state index contributed by atoms with van der Waals surface area (Å²) < 4.78 is 63.3. The van der Waals surface area contributed by atoms with Crippen LogP contribution in [0.2, 0.25) is 5.02 Å². The highest BCUT2D eigenvalue weighted by Crippen LogP contribution is 2.37. The maximum Gasteiger partial charge on any atom is 0.433 e.